The second-order valence-corrected chi connectivity index (χ2v) is 5.06. The van der Waals surface area contributed by atoms with E-state index in [4.69, 9.17) is 4.74 Å². The number of hydrogen-bond acceptors (Lipinski definition) is 3. The van der Waals surface area contributed by atoms with Crippen LogP contribution in [-0.4, -0.2) is 49.6 Å². The van der Waals surface area contributed by atoms with Gasteiger partial charge in [-0.1, -0.05) is 18.2 Å². The van der Waals surface area contributed by atoms with Gasteiger partial charge in [-0.05, 0) is 25.0 Å². The average Bonchev–Trinajstić information content (AvgIpc) is 2.42. The highest BCUT2D eigenvalue weighted by Crippen LogP contribution is 2.18. The Balaban J connectivity index is 1.95. The quantitative estimate of drug-likeness (QED) is 0.867. The van der Waals surface area contributed by atoms with Crippen molar-refractivity contribution in [2.24, 2.45) is 0 Å². The summed E-state index contributed by atoms with van der Waals surface area (Å²) >= 11 is 0. The number of nitrogens with zero attached hydrogens (tertiary/aromatic N) is 1. The average molecular weight is 276 g/mol. The standard InChI is InChI=1S/C15H20N2O3/c1-11(10-20-2)16-14(18)9-17-8-7-12-5-3-4-6-13(12)15(17)19/h3-6,11H,7-10H2,1-2H3,(H,16,18). The number of hydrogen-bond donors (Lipinski definition) is 1. The molecule has 5 nitrogen and oxygen atoms in total. The van der Waals surface area contributed by atoms with Crippen LogP contribution >= 0.6 is 0 Å². The minimum absolute atomic E-state index is 0.0559. The van der Waals surface area contributed by atoms with E-state index in [0.29, 0.717) is 18.7 Å². The molecule has 20 heavy (non-hydrogen) atoms. The van der Waals surface area contributed by atoms with Crippen LogP contribution in [0.1, 0.15) is 22.8 Å². The molecular formula is C15H20N2O3. The van der Waals surface area contributed by atoms with Crippen LogP contribution in [0.4, 0.5) is 0 Å². The monoisotopic (exact) mass is 276 g/mol. The predicted molar refractivity (Wildman–Crippen MR) is 75.5 cm³/mol. The molecule has 0 radical (unpaired) electrons. The van der Waals surface area contributed by atoms with Crippen LogP contribution in [0.5, 0.6) is 0 Å². The predicted octanol–water partition coefficient (Wildman–Crippen LogP) is 0.836. The molecule has 1 N–H and O–H groups in total. The molecule has 1 unspecified atom stereocenters. The summed E-state index contributed by atoms with van der Waals surface area (Å²) in [4.78, 5) is 25.8. The minimum Gasteiger partial charge on any atom is -0.383 e. The lowest BCUT2D eigenvalue weighted by Gasteiger charge is -2.28. The molecule has 0 aliphatic carbocycles. The molecule has 108 valence electrons. The maximum atomic E-state index is 12.3. The minimum atomic E-state index is -0.151. The molecule has 1 aromatic rings. The van der Waals surface area contributed by atoms with Crippen LogP contribution in [-0.2, 0) is 16.0 Å². The highest BCUT2D eigenvalue weighted by atomic mass is 16.5. The summed E-state index contributed by atoms with van der Waals surface area (Å²) < 4.78 is 4.97. The van der Waals surface area contributed by atoms with Crippen molar-refractivity contribution < 1.29 is 14.3 Å². The fraction of sp³-hybridized carbons (Fsp3) is 0.467. The summed E-state index contributed by atoms with van der Waals surface area (Å²) in [5, 5.41) is 2.81. The highest BCUT2D eigenvalue weighted by Gasteiger charge is 2.25. The van der Waals surface area contributed by atoms with Crippen LogP contribution in [0.25, 0.3) is 0 Å². The van der Waals surface area contributed by atoms with Gasteiger partial charge in [0.15, 0.2) is 0 Å². The van der Waals surface area contributed by atoms with Gasteiger partial charge >= 0.3 is 0 Å². The molecule has 0 aromatic heterocycles. The van der Waals surface area contributed by atoms with Crippen molar-refractivity contribution in [1.29, 1.82) is 0 Å². The van der Waals surface area contributed by atoms with E-state index >= 15 is 0 Å². The zero-order valence-corrected chi connectivity index (χ0v) is 11.9. The van der Waals surface area contributed by atoms with Crippen LogP contribution in [0, 0.1) is 0 Å². The number of amides is 2. The van der Waals surface area contributed by atoms with Crippen molar-refractivity contribution in [2.45, 2.75) is 19.4 Å². The largest absolute Gasteiger partial charge is 0.383 e. The van der Waals surface area contributed by atoms with Crippen molar-refractivity contribution in [1.82, 2.24) is 10.2 Å². The van der Waals surface area contributed by atoms with E-state index in [-0.39, 0.29) is 24.4 Å². The first-order valence-corrected chi connectivity index (χ1v) is 6.77. The normalized spacial score (nSPS) is 15.7. The second kappa shape index (κ2) is 6.52. The van der Waals surface area contributed by atoms with Crippen molar-refractivity contribution in [3.63, 3.8) is 0 Å². The molecule has 1 aliphatic heterocycles. The van der Waals surface area contributed by atoms with Crippen molar-refractivity contribution in [3.8, 4) is 0 Å². The SMILES string of the molecule is COCC(C)NC(=O)CN1CCc2ccccc2C1=O. The van der Waals surface area contributed by atoms with Gasteiger partial charge in [-0.25, -0.2) is 0 Å². The molecule has 5 heteroatoms. The number of ether oxygens (including phenoxy) is 1. The lowest BCUT2D eigenvalue weighted by Crippen LogP contribution is -2.46. The van der Waals surface area contributed by atoms with E-state index in [0.717, 1.165) is 12.0 Å². The summed E-state index contributed by atoms with van der Waals surface area (Å²) in [5.74, 6) is -0.219. The molecule has 0 saturated carbocycles. The van der Waals surface area contributed by atoms with E-state index in [1.165, 1.54) is 0 Å². The summed E-state index contributed by atoms with van der Waals surface area (Å²) in [5.41, 5.74) is 1.76. The highest BCUT2D eigenvalue weighted by molar-refractivity contribution is 5.98. The lowest BCUT2D eigenvalue weighted by atomic mass is 9.99. The molecule has 1 atom stereocenters. The van der Waals surface area contributed by atoms with Gasteiger partial charge in [0.1, 0.15) is 0 Å². The molecule has 0 fully saturated rings. The Morgan fingerprint density at radius 1 is 1.45 bits per heavy atom. The van der Waals surface area contributed by atoms with Crippen LogP contribution in [0.2, 0.25) is 0 Å². The zero-order valence-electron chi connectivity index (χ0n) is 11.9. The van der Waals surface area contributed by atoms with Gasteiger partial charge in [-0.15, -0.1) is 0 Å². The first-order valence-electron chi connectivity index (χ1n) is 6.77. The van der Waals surface area contributed by atoms with Crippen LogP contribution < -0.4 is 5.32 Å². The van der Waals surface area contributed by atoms with Gasteiger partial charge in [0, 0.05) is 25.3 Å². The number of benzene rings is 1. The smallest absolute Gasteiger partial charge is 0.254 e. The Bertz CT molecular complexity index is 502. The van der Waals surface area contributed by atoms with Crippen molar-refractivity contribution in [2.75, 3.05) is 26.8 Å². The fourth-order valence-electron chi connectivity index (χ4n) is 2.41. The fourth-order valence-corrected chi connectivity index (χ4v) is 2.41. The van der Waals surface area contributed by atoms with E-state index in [1.54, 1.807) is 12.0 Å². The van der Waals surface area contributed by atoms with Crippen molar-refractivity contribution >= 4 is 11.8 Å². The maximum absolute atomic E-state index is 12.3. The van der Waals surface area contributed by atoms with E-state index < -0.39 is 0 Å². The maximum Gasteiger partial charge on any atom is 0.254 e. The van der Waals surface area contributed by atoms with E-state index in [2.05, 4.69) is 5.32 Å². The van der Waals surface area contributed by atoms with Gasteiger partial charge in [0.05, 0.1) is 13.2 Å². The van der Waals surface area contributed by atoms with Gasteiger partial charge < -0.3 is 15.0 Å². The van der Waals surface area contributed by atoms with Gasteiger partial charge in [0.25, 0.3) is 5.91 Å². The molecule has 0 bridgehead atoms. The summed E-state index contributed by atoms with van der Waals surface area (Å²) in [6.07, 6.45) is 0.794. The molecule has 0 saturated heterocycles. The molecular weight excluding hydrogens is 256 g/mol. The third-order valence-corrected chi connectivity index (χ3v) is 3.34. The number of methoxy groups -OCH3 is 1. The van der Waals surface area contributed by atoms with Crippen LogP contribution in [0.15, 0.2) is 24.3 Å². The molecule has 2 rings (SSSR count). The van der Waals surface area contributed by atoms with Gasteiger partial charge in [0.2, 0.25) is 5.91 Å². The van der Waals surface area contributed by atoms with Crippen LogP contribution in [0.3, 0.4) is 0 Å². The number of rotatable bonds is 5. The third kappa shape index (κ3) is 3.36. The Morgan fingerprint density at radius 3 is 2.95 bits per heavy atom. The third-order valence-electron chi connectivity index (χ3n) is 3.34. The Hall–Kier alpha value is -1.88. The number of carbonyl (C=O) groups excluding carboxylic acids is 2. The summed E-state index contributed by atoms with van der Waals surface area (Å²) in [6.45, 7) is 3.01. The Kier molecular flexibility index (Phi) is 4.74. The van der Waals surface area contributed by atoms with E-state index in [1.807, 2.05) is 31.2 Å². The molecule has 2 amide bonds. The van der Waals surface area contributed by atoms with E-state index in [9.17, 15) is 9.59 Å². The summed E-state index contributed by atoms with van der Waals surface area (Å²) in [7, 11) is 1.59. The van der Waals surface area contributed by atoms with Gasteiger partial charge in [-0.3, -0.25) is 9.59 Å². The number of fused-ring (bicyclic) bond motifs is 1. The molecule has 1 aromatic carbocycles. The Labute approximate surface area is 118 Å². The van der Waals surface area contributed by atoms with Gasteiger partial charge in [-0.2, -0.15) is 0 Å². The number of carbonyl (C=O) groups is 2. The molecule has 1 aliphatic rings. The topological polar surface area (TPSA) is 58.6 Å². The number of nitrogens with one attached hydrogen (secondary N) is 1. The Morgan fingerprint density at radius 2 is 2.20 bits per heavy atom. The molecule has 1 heterocycles. The summed E-state index contributed by atoms with van der Waals surface area (Å²) in [6, 6.07) is 7.50. The first kappa shape index (κ1) is 14.5. The first-order chi connectivity index (χ1) is 9.61. The second-order valence-electron chi connectivity index (χ2n) is 5.06. The van der Waals surface area contributed by atoms with Crippen molar-refractivity contribution in [3.05, 3.63) is 35.4 Å². The molecule has 0 spiro atoms. The lowest BCUT2D eigenvalue weighted by molar-refractivity contribution is -0.122. The zero-order chi connectivity index (χ0) is 14.5.